The predicted octanol–water partition coefficient (Wildman–Crippen LogP) is 3.61. The summed E-state index contributed by atoms with van der Waals surface area (Å²) >= 11 is 6.25. The molecule has 1 aliphatic carbocycles. The van der Waals surface area contributed by atoms with E-state index in [4.69, 9.17) is 21.1 Å². The third-order valence-corrected chi connectivity index (χ3v) is 4.57. The molecule has 1 aromatic heterocycles. The maximum absolute atomic E-state index is 13.0. The van der Waals surface area contributed by atoms with Crippen molar-refractivity contribution in [1.82, 2.24) is 4.98 Å². The van der Waals surface area contributed by atoms with Crippen molar-refractivity contribution in [2.45, 2.75) is 0 Å². The van der Waals surface area contributed by atoms with E-state index in [0.29, 0.717) is 32.8 Å². The standard InChI is InChI=1S/C18H12ClNO4/c1-23-17-11-10(19)7-20-14(11)18(24-2)13-12(17)15(21)8-5-3-4-6-9(8)16(13)22/h3-7,20H,1-2H3. The zero-order valence-corrected chi connectivity index (χ0v) is 13.7. The largest absolute Gasteiger partial charge is 0.495 e. The Labute approximate surface area is 142 Å². The Morgan fingerprint density at radius 1 is 0.917 bits per heavy atom. The van der Waals surface area contributed by atoms with Crippen molar-refractivity contribution in [3.8, 4) is 11.5 Å². The summed E-state index contributed by atoms with van der Waals surface area (Å²) in [4.78, 5) is 29.0. The molecule has 120 valence electrons. The van der Waals surface area contributed by atoms with Crippen LogP contribution in [0.3, 0.4) is 0 Å². The fourth-order valence-electron chi connectivity index (χ4n) is 3.27. The summed E-state index contributed by atoms with van der Waals surface area (Å²) in [6.45, 7) is 0. The molecule has 0 fully saturated rings. The lowest BCUT2D eigenvalue weighted by Gasteiger charge is -2.22. The van der Waals surface area contributed by atoms with E-state index in [1.807, 2.05) is 0 Å². The molecule has 0 radical (unpaired) electrons. The van der Waals surface area contributed by atoms with Gasteiger partial charge in [0, 0.05) is 17.3 Å². The molecule has 0 aliphatic heterocycles. The number of ether oxygens (including phenoxy) is 2. The lowest BCUT2D eigenvalue weighted by atomic mass is 9.82. The van der Waals surface area contributed by atoms with E-state index in [9.17, 15) is 9.59 Å². The highest BCUT2D eigenvalue weighted by Crippen LogP contribution is 2.47. The summed E-state index contributed by atoms with van der Waals surface area (Å²) in [7, 11) is 2.90. The van der Waals surface area contributed by atoms with E-state index in [1.165, 1.54) is 14.2 Å². The van der Waals surface area contributed by atoms with Crippen LogP contribution in [-0.2, 0) is 0 Å². The maximum Gasteiger partial charge on any atom is 0.198 e. The molecule has 0 amide bonds. The number of H-pyrrole nitrogens is 1. The normalized spacial score (nSPS) is 13.0. The third-order valence-electron chi connectivity index (χ3n) is 4.27. The van der Waals surface area contributed by atoms with Gasteiger partial charge in [0.1, 0.15) is 5.75 Å². The number of aromatic nitrogens is 1. The van der Waals surface area contributed by atoms with Crippen LogP contribution in [0.15, 0.2) is 30.5 Å². The zero-order valence-electron chi connectivity index (χ0n) is 12.9. The van der Waals surface area contributed by atoms with Gasteiger partial charge in [0.15, 0.2) is 17.3 Å². The van der Waals surface area contributed by atoms with E-state index >= 15 is 0 Å². The summed E-state index contributed by atoms with van der Waals surface area (Å²) < 4.78 is 10.9. The van der Waals surface area contributed by atoms with Crippen LogP contribution in [0.1, 0.15) is 31.8 Å². The molecule has 6 heteroatoms. The van der Waals surface area contributed by atoms with Crippen LogP contribution in [0.5, 0.6) is 11.5 Å². The Hall–Kier alpha value is -2.79. The first-order chi connectivity index (χ1) is 11.6. The number of halogens is 1. The van der Waals surface area contributed by atoms with Crippen LogP contribution in [-0.4, -0.2) is 30.8 Å². The Morgan fingerprint density at radius 2 is 1.46 bits per heavy atom. The van der Waals surface area contributed by atoms with Gasteiger partial charge in [-0.05, 0) is 0 Å². The first kappa shape index (κ1) is 14.8. The van der Waals surface area contributed by atoms with E-state index in [0.717, 1.165) is 0 Å². The molecule has 1 aliphatic rings. The SMILES string of the molecule is COc1c2c(c(OC)c3c(Cl)c[nH]c13)C(=O)c1ccccc1C2=O. The van der Waals surface area contributed by atoms with Crippen molar-refractivity contribution in [2.75, 3.05) is 14.2 Å². The molecule has 0 saturated heterocycles. The minimum absolute atomic E-state index is 0.187. The highest BCUT2D eigenvalue weighted by atomic mass is 35.5. The van der Waals surface area contributed by atoms with Crippen LogP contribution < -0.4 is 9.47 Å². The van der Waals surface area contributed by atoms with E-state index in [-0.39, 0.29) is 28.4 Å². The number of methoxy groups -OCH3 is 2. The van der Waals surface area contributed by atoms with Crippen LogP contribution >= 0.6 is 11.6 Å². The third kappa shape index (κ3) is 1.70. The lowest BCUT2D eigenvalue weighted by molar-refractivity contribution is 0.0974. The number of carbonyl (C=O) groups excluding carboxylic acids is 2. The van der Waals surface area contributed by atoms with Crippen LogP contribution in [0.4, 0.5) is 0 Å². The Bertz CT molecular complexity index is 1040. The van der Waals surface area contributed by atoms with Gasteiger partial charge >= 0.3 is 0 Å². The number of aromatic amines is 1. The van der Waals surface area contributed by atoms with E-state index < -0.39 is 0 Å². The van der Waals surface area contributed by atoms with Crippen molar-refractivity contribution in [3.63, 3.8) is 0 Å². The zero-order chi connectivity index (χ0) is 17.0. The van der Waals surface area contributed by atoms with Gasteiger partial charge in [-0.25, -0.2) is 0 Å². The van der Waals surface area contributed by atoms with Crippen LogP contribution in [0.2, 0.25) is 5.02 Å². The van der Waals surface area contributed by atoms with E-state index in [1.54, 1.807) is 30.5 Å². The number of benzene rings is 2. The second-order valence-corrected chi connectivity index (χ2v) is 5.81. The molecule has 3 aromatic rings. The second-order valence-electron chi connectivity index (χ2n) is 5.41. The molecule has 0 spiro atoms. The predicted molar refractivity (Wildman–Crippen MR) is 89.7 cm³/mol. The summed E-state index contributed by atoms with van der Waals surface area (Å²) in [5.41, 5.74) is 1.61. The van der Waals surface area contributed by atoms with Crippen molar-refractivity contribution in [1.29, 1.82) is 0 Å². The molecule has 0 atom stereocenters. The van der Waals surface area contributed by atoms with Crippen molar-refractivity contribution < 1.29 is 19.1 Å². The first-order valence-corrected chi connectivity index (χ1v) is 7.60. The minimum Gasteiger partial charge on any atom is -0.495 e. The number of nitrogens with one attached hydrogen (secondary N) is 1. The number of ketones is 2. The Balaban J connectivity index is 2.22. The number of hydrogen-bond acceptors (Lipinski definition) is 4. The molecule has 24 heavy (non-hydrogen) atoms. The minimum atomic E-state index is -0.283. The number of rotatable bonds is 2. The highest BCUT2D eigenvalue weighted by molar-refractivity contribution is 6.39. The van der Waals surface area contributed by atoms with Gasteiger partial charge in [-0.3, -0.25) is 9.59 Å². The molecule has 5 nitrogen and oxygen atoms in total. The Morgan fingerprint density at radius 3 is 2.00 bits per heavy atom. The molecule has 4 rings (SSSR count). The molecule has 2 aromatic carbocycles. The van der Waals surface area contributed by atoms with Gasteiger partial charge in [-0.1, -0.05) is 35.9 Å². The molecular formula is C18H12ClNO4. The lowest BCUT2D eigenvalue weighted by Crippen LogP contribution is -2.22. The molecule has 0 saturated carbocycles. The monoisotopic (exact) mass is 341 g/mol. The molecule has 1 N–H and O–H groups in total. The van der Waals surface area contributed by atoms with Crippen molar-refractivity contribution >= 4 is 34.1 Å². The first-order valence-electron chi connectivity index (χ1n) is 7.23. The average Bonchev–Trinajstić information content (AvgIpc) is 2.99. The number of hydrogen-bond donors (Lipinski definition) is 1. The van der Waals surface area contributed by atoms with Gasteiger partial charge in [-0.2, -0.15) is 0 Å². The van der Waals surface area contributed by atoms with Gasteiger partial charge in [-0.15, -0.1) is 0 Å². The fraction of sp³-hybridized carbons (Fsp3) is 0.111. The van der Waals surface area contributed by atoms with Gasteiger partial charge in [0.05, 0.1) is 41.3 Å². The molecular weight excluding hydrogens is 330 g/mol. The number of carbonyl (C=O) groups is 2. The number of fused-ring (bicyclic) bond motifs is 3. The topological polar surface area (TPSA) is 68.4 Å². The second kappa shape index (κ2) is 5.11. The maximum atomic E-state index is 13.0. The summed E-state index contributed by atoms with van der Waals surface area (Å²) in [5.74, 6) is 0.0120. The Kier molecular flexibility index (Phi) is 3.15. The highest BCUT2D eigenvalue weighted by Gasteiger charge is 2.37. The van der Waals surface area contributed by atoms with Gasteiger partial charge in [0.25, 0.3) is 0 Å². The smallest absolute Gasteiger partial charge is 0.198 e. The van der Waals surface area contributed by atoms with Gasteiger partial charge in [0.2, 0.25) is 0 Å². The summed E-state index contributed by atoms with van der Waals surface area (Å²) in [6.07, 6.45) is 1.57. The average molecular weight is 342 g/mol. The molecule has 0 unspecified atom stereocenters. The quantitative estimate of drug-likeness (QED) is 0.604. The molecule has 0 bridgehead atoms. The van der Waals surface area contributed by atoms with Crippen molar-refractivity contribution in [2.24, 2.45) is 0 Å². The van der Waals surface area contributed by atoms with Gasteiger partial charge < -0.3 is 14.5 Å². The van der Waals surface area contributed by atoms with Crippen LogP contribution in [0, 0.1) is 0 Å². The van der Waals surface area contributed by atoms with Crippen molar-refractivity contribution in [3.05, 3.63) is 57.7 Å². The fourth-order valence-corrected chi connectivity index (χ4v) is 3.50. The van der Waals surface area contributed by atoms with Crippen LogP contribution in [0.25, 0.3) is 10.9 Å². The summed E-state index contributed by atoms with van der Waals surface area (Å²) in [5, 5.41) is 0.914. The van der Waals surface area contributed by atoms with E-state index in [2.05, 4.69) is 4.98 Å². The summed E-state index contributed by atoms with van der Waals surface area (Å²) in [6, 6.07) is 6.72. The molecule has 1 heterocycles.